The molecule has 0 heterocycles. The first kappa shape index (κ1) is 20.2. The number of benzene rings is 2. The molecule has 2 aromatic rings. The molecule has 26 heavy (non-hydrogen) atoms. The molecule has 0 saturated carbocycles. The Morgan fingerprint density at radius 3 is 2.62 bits per heavy atom. The summed E-state index contributed by atoms with van der Waals surface area (Å²) in [5.41, 5.74) is 1.57. The Morgan fingerprint density at radius 1 is 1.23 bits per heavy atom. The lowest BCUT2D eigenvalue weighted by Crippen LogP contribution is -2.24. The zero-order chi connectivity index (χ0) is 19.3. The molecule has 0 unspecified atom stereocenters. The van der Waals surface area contributed by atoms with Gasteiger partial charge >= 0.3 is 5.97 Å². The molecule has 2 aromatic carbocycles. The van der Waals surface area contributed by atoms with Crippen molar-refractivity contribution in [3.8, 4) is 0 Å². The first-order valence-corrected chi connectivity index (χ1v) is 9.35. The fourth-order valence-corrected chi connectivity index (χ4v) is 3.40. The quantitative estimate of drug-likeness (QED) is 0.400. The highest BCUT2D eigenvalue weighted by atomic mass is 32.2. The molecule has 0 radical (unpaired) electrons. The number of thioether (sulfide) groups is 1. The van der Waals surface area contributed by atoms with E-state index in [1.165, 1.54) is 11.8 Å². The molecule has 0 spiro atoms. The van der Waals surface area contributed by atoms with Gasteiger partial charge in [-0.05, 0) is 56.5 Å². The van der Waals surface area contributed by atoms with E-state index in [0.717, 1.165) is 10.5 Å². The second-order valence-electron chi connectivity index (χ2n) is 7.09. The molecule has 0 aliphatic carbocycles. The minimum Gasteiger partial charge on any atom is -0.460 e. The third-order valence-electron chi connectivity index (χ3n) is 3.66. The number of carbonyl (C=O) groups is 2. The smallest absolute Gasteiger partial charge is 0.310 e. The van der Waals surface area contributed by atoms with Crippen LogP contribution in [0.1, 0.15) is 47.8 Å². The van der Waals surface area contributed by atoms with Crippen LogP contribution >= 0.6 is 11.8 Å². The highest BCUT2D eigenvalue weighted by Crippen LogP contribution is 2.27. The molecular weight excluding hydrogens is 351 g/mol. The van der Waals surface area contributed by atoms with Crippen molar-refractivity contribution in [3.63, 3.8) is 0 Å². The van der Waals surface area contributed by atoms with Crippen LogP contribution in [0.25, 0.3) is 0 Å². The van der Waals surface area contributed by atoms with Crippen LogP contribution in [0.15, 0.2) is 41.3 Å². The predicted octanol–water partition coefficient (Wildman–Crippen LogP) is 5.12. The van der Waals surface area contributed by atoms with Gasteiger partial charge in [-0.25, -0.2) is 4.39 Å². The maximum absolute atomic E-state index is 14.3. The third kappa shape index (κ3) is 5.70. The maximum Gasteiger partial charge on any atom is 0.310 e. The SMILES string of the molecule is Cc1ccc(CSc2cccc(CC(=O)OC(C)(C)C)c2)c(F)c1C=O. The summed E-state index contributed by atoms with van der Waals surface area (Å²) in [7, 11) is 0. The Hall–Kier alpha value is -2.14. The lowest BCUT2D eigenvalue weighted by atomic mass is 10.1. The number of rotatable bonds is 6. The van der Waals surface area contributed by atoms with E-state index in [-0.39, 0.29) is 18.0 Å². The maximum atomic E-state index is 14.3. The van der Waals surface area contributed by atoms with Gasteiger partial charge in [-0.1, -0.05) is 24.3 Å². The van der Waals surface area contributed by atoms with Crippen molar-refractivity contribution in [2.75, 3.05) is 0 Å². The molecule has 0 aromatic heterocycles. The monoisotopic (exact) mass is 374 g/mol. The Morgan fingerprint density at radius 2 is 1.96 bits per heavy atom. The van der Waals surface area contributed by atoms with Crippen LogP contribution in [0, 0.1) is 12.7 Å². The van der Waals surface area contributed by atoms with Crippen LogP contribution in [-0.2, 0) is 21.7 Å². The van der Waals surface area contributed by atoms with Crippen LogP contribution in [0.5, 0.6) is 0 Å². The van der Waals surface area contributed by atoms with Crippen molar-refractivity contribution < 1.29 is 18.7 Å². The summed E-state index contributed by atoms with van der Waals surface area (Å²) in [5, 5.41) is 0. The summed E-state index contributed by atoms with van der Waals surface area (Å²) in [6, 6.07) is 11.0. The van der Waals surface area contributed by atoms with Crippen molar-refractivity contribution in [2.45, 2.75) is 50.4 Å². The summed E-state index contributed by atoms with van der Waals surface area (Å²) >= 11 is 1.46. The minimum absolute atomic E-state index is 0.113. The molecular formula is C21H23FO3S. The van der Waals surface area contributed by atoms with Crippen LogP contribution in [-0.4, -0.2) is 17.9 Å². The fraction of sp³-hybridized carbons (Fsp3) is 0.333. The number of hydrogen-bond donors (Lipinski definition) is 0. The largest absolute Gasteiger partial charge is 0.460 e. The first-order valence-electron chi connectivity index (χ1n) is 8.36. The van der Waals surface area contributed by atoms with Crippen molar-refractivity contribution in [2.24, 2.45) is 0 Å². The van der Waals surface area contributed by atoms with E-state index in [9.17, 15) is 14.0 Å². The number of aldehydes is 1. The van der Waals surface area contributed by atoms with Crippen LogP contribution in [0.3, 0.4) is 0 Å². The summed E-state index contributed by atoms with van der Waals surface area (Å²) in [5.74, 6) is -0.333. The Labute approximate surface area is 157 Å². The van der Waals surface area contributed by atoms with Gasteiger partial charge in [0.2, 0.25) is 0 Å². The molecule has 138 valence electrons. The number of hydrogen-bond acceptors (Lipinski definition) is 4. The molecule has 0 bridgehead atoms. The van der Waals surface area contributed by atoms with Crippen LogP contribution in [0.4, 0.5) is 4.39 Å². The minimum atomic E-state index is -0.511. The molecule has 0 fully saturated rings. The summed E-state index contributed by atoms with van der Waals surface area (Å²) in [4.78, 5) is 23.9. The zero-order valence-corrected chi connectivity index (χ0v) is 16.3. The summed E-state index contributed by atoms with van der Waals surface area (Å²) in [6.07, 6.45) is 0.750. The van der Waals surface area contributed by atoms with Gasteiger partial charge < -0.3 is 4.74 Å². The Bertz CT molecular complexity index is 809. The van der Waals surface area contributed by atoms with E-state index in [2.05, 4.69) is 0 Å². The van der Waals surface area contributed by atoms with Gasteiger partial charge in [-0.2, -0.15) is 0 Å². The molecule has 0 aliphatic rings. The first-order chi connectivity index (χ1) is 12.2. The van der Waals surface area contributed by atoms with Gasteiger partial charge in [-0.15, -0.1) is 11.8 Å². The van der Waals surface area contributed by atoms with E-state index in [1.807, 2.05) is 45.0 Å². The Kier molecular flexibility index (Phi) is 6.59. The molecule has 0 atom stereocenters. The van der Waals surface area contributed by atoms with Gasteiger partial charge in [0.15, 0.2) is 6.29 Å². The molecule has 0 aliphatic heterocycles. The van der Waals surface area contributed by atoms with Crippen molar-refractivity contribution >= 4 is 24.0 Å². The van der Waals surface area contributed by atoms with Gasteiger partial charge in [0.25, 0.3) is 0 Å². The third-order valence-corrected chi connectivity index (χ3v) is 4.70. The normalized spacial score (nSPS) is 11.3. The number of aryl methyl sites for hydroxylation is 1. The number of esters is 1. The number of carbonyl (C=O) groups excluding carboxylic acids is 2. The average Bonchev–Trinajstić information content (AvgIpc) is 2.53. The second kappa shape index (κ2) is 8.49. The summed E-state index contributed by atoms with van der Waals surface area (Å²) in [6.45, 7) is 7.21. The van der Waals surface area contributed by atoms with Gasteiger partial charge in [0.05, 0.1) is 12.0 Å². The van der Waals surface area contributed by atoms with Crippen molar-refractivity contribution in [1.29, 1.82) is 0 Å². The van der Waals surface area contributed by atoms with E-state index >= 15 is 0 Å². The van der Waals surface area contributed by atoms with Crippen LogP contribution in [0.2, 0.25) is 0 Å². The van der Waals surface area contributed by atoms with E-state index < -0.39 is 11.4 Å². The topological polar surface area (TPSA) is 43.4 Å². The standard InChI is InChI=1S/C21H23FO3S/c1-14-8-9-16(20(22)18(14)12-23)13-26-17-7-5-6-15(10-17)11-19(24)25-21(2,3)4/h5-10,12H,11,13H2,1-4H3. The zero-order valence-electron chi connectivity index (χ0n) is 15.5. The van der Waals surface area contributed by atoms with Crippen molar-refractivity contribution in [3.05, 3.63) is 64.5 Å². The van der Waals surface area contributed by atoms with Gasteiger partial charge in [-0.3, -0.25) is 9.59 Å². The molecule has 0 saturated heterocycles. The van der Waals surface area contributed by atoms with Crippen LogP contribution < -0.4 is 0 Å². The van der Waals surface area contributed by atoms with Gasteiger partial charge in [0.1, 0.15) is 11.4 Å². The average molecular weight is 374 g/mol. The molecule has 0 amide bonds. The molecule has 5 heteroatoms. The molecule has 2 rings (SSSR count). The second-order valence-corrected chi connectivity index (χ2v) is 8.14. The number of halogens is 1. The number of ether oxygens (including phenoxy) is 1. The lowest BCUT2D eigenvalue weighted by Gasteiger charge is -2.19. The molecule has 3 nitrogen and oxygen atoms in total. The highest BCUT2D eigenvalue weighted by Gasteiger charge is 2.16. The fourth-order valence-electron chi connectivity index (χ4n) is 2.44. The Balaban J connectivity index is 2.05. The van der Waals surface area contributed by atoms with E-state index in [1.54, 1.807) is 19.1 Å². The predicted molar refractivity (Wildman–Crippen MR) is 102 cm³/mol. The molecule has 0 N–H and O–H groups in total. The van der Waals surface area contributed by atoms with E-state index in [0.29, 0.717) is 23.2 Å². The van der Waals surface area contributed by atoms with Crippen molar-refractivity contribution in [1.82, 2.24) is 0 Å². The van der Waals surface area contributed by atoms with E-state index in [4.69, 9.17) is 4.74 Å². The van der Waals surface area contributed by atoms with Gasteiger partial charge in [0, 0.05) is 10.6 Å². The lowest BCUT2D eigenvalue weighted by molar-refractivity contribution is -0.153. The summed E-state index contributed by atoms with van der Waals surface area (Å²) < 4.78 is 19.7. The highest BCUT2D eigenvalue weighted by molar-refractivity contribution is 7.98.